The van der Waals surface area contributed by atoms with Crippen LogP contribution in [0.3, 0.4) is 0 Å². The Kier molecular flexibility index (Phi) is 5.21. The smallest absolute Gasteiger partial charge is 0.303 e. The van der Waals surface area contributed by atoms with Gasteiger partial charge < -0.3 is 10.2 Å². The Morgan fingerprint density at radius 1 is 1.17 bits per heavy atom. The molecule has 5 atom stereocenters. The van der Waals surface area contributed by atoms with E-state index in [0.29, 0.717) is 11.3 Å². The van der Waals surface area contributed by atoms with Crippen LogP contribution in [0.5, 0.6) is 0 Å². The fourth-order valence-corrected chi connectivity index (χ4v) is 6.12. The van der Waals surface area contributed by atoms with Crippen molar-refractivity contribution in [1.29, 1.82) is 0 Å². The molecule has 0 aromatic rings. The maximum Gasteiger partial charge on any atom is 0.303 e. The van der Waals surface area contributed by atoms with Crippen molar-refractivity contribution in [1.82, 2.24) is 0 Å². The number of carboxylic acid groups (broad SMARTS) is 1. The van der Waals surface area contributed by atoms with Gasteiger partial charge >= 0.3 is 5.97 Å². The van der Waals surface area contributed by atoms with Gasteiger partial charge in [0.05, 0.1) is 5.60 Å². The molecule has 0 spiro atoms. The van der Waals surface area contributed by atoms with Crippen LogP contribution in [-0.4, -0.2) is 21.8 Å². The Bertz CT molecular complexity index is 440. The lowest BCUT2D eigenvalue weighted by molar-refractivity contribution is -0.170. The molecule has 2 fully saturated rings. The molecule has 0 saturated heterocycles. The lowest BCUT2D eigenvalue weighted by Gasteiger charge is -2.61. The number of carbonyl (C=O) groups is 1. The van der Waals surface area contributed by atoms with E-state index in [1.165, 1.54) is 19.3 Å². The number of rotatable bonds is 5. The van der Waals surface area contributed by atoms with Gasteiger partial charge in [0.2, 0.25) is 0 Å². The monoisotopic (exact) mass is 324 g/mol. The van der Waals surface area contributed by atoms with E-state index in [1.807, 2.05) is 13.8 Å². The molecule has 2 saturated carbocycles. The van der Waals surface area contributed by atoms with Crippen LogP contribution in [0.2, 0.25) is 0 Å². The fraction of sp³-hybridized carbons (Fsp3) is 0.950. The van der Waals surface area contributed by atoms with Crippen LogP contribution in [0.4, 0.5) is 0 Å². The molecule has 134 valence electrons. The highest BCUT2D eigenvalue weighted by Gasteiger charge is 2.57. The number of carboxylic acids is 1. The van der Waals surface area contributed by atoms with Crippen molar-refractivity contribution in [3.05, 3.63) is 0 Å². The highest BCUT2D eigenvalue weighted by molar-refractivity contribution is 5.66. The zero-order chi connectivity index (χ0) is 17.5. The Morgan fingerprint density at radius 2 is 1.83 bits per heavy atom. The van der Waals surface area contributed by atoms with Crippen LogP contribution in [-0.2, 0) is 4.79 Å². The van der Waals surface area contributed by atoms with Gasteiger partial charge in [0.15, 0.2) is 0 Å². The van der Waals surface area contributed by atoms with Gasteiger partial charge in [-0.2, -0.15) is 0 Å². The second-order valence-corrected chi connectivity index (χ2v) is 9.63. The summed E-state index contributed by atoms with van der Waals surface area (Å²) in [5.74, 6) is 0.424. The van der Waals surface area contributed by atoms with Crippen molar-refractivity contribution in [2.75, 3.05) is 0 Å². The minimum atomic E-state index is -0.712. The van der Waals surface area contributed by atoms with Crippen molar-refractivity contribution in [3.63, 3.8) is 0 Å². The molecule has 0 unspecified atom stereocenters. The van der Waals surface area contributed by atoms with E-state index >= 15 is 0 Å². The summed E-state index contributed by atoms with van der Waals surface area (Å²) in [5.41, 5.74) is -0.0670. The molecule has 0 aromatic heterocycles. The minimum absolute atomic E-state index is 0.184. The average Bonchev–Trinajstić information content (AvgIpc) is 2.34. The summed E-state index contributed by atoms with van der Waals surface area (Å²) < 4.78 is 0. The maximum atomic E-state index is 11.1. The van der Waals surface area contributed by atoms with E-state index < -0.39 is 11.6 Å². The molecular weight excluding hydrogens is 288 g/mol. The van der Waals surface area contributed by atoms with E-state index in [2.05, 4.69) is 20.8 Å². The first-order valence-corrected chi connectivity index (χ1v) is 9.43. The zero-order valence-electron chi connectivity index (χ0n) is 15.7. The number of hydrogen-bond donors (Lipinski definition) is 2. The topological polar surface area (TPSA) is 57.5 Å². The average molecular weight is 325 g/mol. The SMILES string of the molecule is C[C@H](CC[C@H]1[C@@]2(C)CCCC(C)(C)[C@H]2CC[C@@]1(C)O)CC(=O)O. The van der Waals surface area contributed by atoms with Crippen molar-refractivity contribution in [2.45, 2.75) is 91.6 Å². The molecule has 2 aliphatic carbocycles. The molecule has 2 N–H and O–H groups in total. The highest BCUT2D eigenvalue weighted by atomic mass is 16.4. The van der Waals surface area contributed by atoms with Gasteiger partial charge in [-0.05, 0) is 74.0 Å². The summed E-state index contributed by atoms with van der Waals surface area (Å²) in [5, 5.41) is 20.1. The van der Waals surface area contributed by atoms with E-state index in [1.54, 1.807) is 0 Å². The van der Waals surface area contributed by atoms with Crippen molar-refractivity contribution < 1.29 is 15.0 Å². The molecule has 0 amide bonds. The van der Waals surface area contributed by atoms with E-state index in [4.69, 9.17) is 5.11 Å². The Balaban J connectivity index is 2.17. The summed E-state index contributed by atoms with van der Waals surface area (Å²) >= 11 is 0. The number of hydrogen-bond acceptors (Lipinski definition) is 2. The number of aliphatic carboxylic acids is 1. The van der Waals surface area contributed by atoms with Gasteiger partial charge in [0.1, 0.15) is 0 Å². The van der Waals surface area contributed by atoms with Crippen molar-refractivity contribution in [2.24, 2.45) is 28.6 Å². The largest absolute Gasteiger partial charge is 0.481 e. The molecular formula is C20H36O3. The molecule has 3 nitrogen and oxygen atoms in total. The van der Waals surface area contributed by atoms with Gasteiger partial charge in [0, 0.05) is 6.42 Å². The molecule has 0 radical (unpaired) electrons. The van der Waals surface area contributed by atoms with Crippen LogP contribution >= 0.6 is 0 Å². The van der Waals surface area contributed by atoms with E-state index in [-0.39, 0.29) is 23.7 Å². The predicted molar refractivity (Wildman–Crippen MR) is 93.2 cm³/mol. The second-order valence-electron chi connectivity index (χ2n) is 9.63. The third kappa shape index (κ3) is 3.75. The van der Waals surface area contributed by atoms with E-state index in [9.17, 15) is 9.90 Å². The second kappa shape index (κ2) is 6.38. The standard InChI is InChI=1S/C20H36O3/c1-14(13-17(21)22)7-8-16-19(4)11-6-10-18(2,3)15(19)9-12-20(16,5)23/h14-16,23H,6-13H2,1-5H3,(H,21,22)/t14-,15-,16+,19+,20-/m1/s1. The van der Waals surface area contributed by atoms with Crippen molar-refractivity contribution in [3.8, 4) is 0 Å². The lowest BCUT2D eigenvalue weighted by atomic mass is 9.45. The molecule has 0 aliphatic heterocycles. The molecule has 2 aliphatic rings. The summed E-state index contributed by atoms with van der Waals surface area (Å²) in [6.45, 7) is 11.2. The zero-order valence-corrected chi connectivity index (χ0v) is 15.7. The van der Waals surface area contributed by atoms with E-state index in [0.717, 1.165) is 25.7 Å². The summed E-state index contributed by atoms with van der Waals surface area (Å²) in [6.07, 6.45) is 7.83. The van der Waals surface area contributed by atoms with Gasteiger partial charge in [0.25, 0.3) is 0 Å². The summed E-state index contributed by atoms with van der Waals surface area (Å²) in [4.78, 5) is 10.9. The quantitative estimate of drug-likeness (QED) is 0.758. The first-order chi connectivity index (χ1) is 10.5. The fourth-order valence-electron chi connectivity index (χ4n) is 6.12. The first-order valence-electron chi connectivity index (χ1n) is 9.43. The molecule has 23 heavy (non-hydrogen) atoms. The normalized spacial score (nSPS) is 41.1. The van der Waals surface area contributed by atoms with Gasteiger partial charge in [-0.1, -0.05) is 34.1 Å². The van der Waals surface area contributed by atoms with Crippen LogP contribution in [0.1, 0.15) is 86.0 Å². The van der Waals surface area contributed by atoms with Crippen LogP contribution in [0.25, 0.3) is 0 Å². The highest BCUT2D eigenvalue weighted by Crippen LogP contribution is 2.63. The Hall–Kier alpha value is -0.570. The Labute approximate surface area is 141 Å². The van der Waals surface area contributed by atoms with Crippen LogP contribution in [0, 0.1) is 28.6 Å². The third-order valence-electron chi connectivity index (χ3n) is 7.23. The molecule has 3 heteroatoms. The molecule has 0 heterocycles. The minimum Gasteiger partial charge on any atom is -0.481 e. The van der Waals surface area contributed by atoms with Crippen LogP contribution < -0.4 is 0 Å². The Morgan fingerprint density at radius 3 is 2.43 bits per heavy atom. The van der Waals surface area contributed by atoms with Gasteiger partial charge in [-0.3, -0.25) is 4.79 Å². The van der Waals surface area contributed by atoms with Crippen molar-refractivity contribution >= 4 is 5.97 Å². The number of aliphatic hydroxyl groups is 1. The summed E-state index contributed by atoms with van der Waals surface area (Å²) in [7, 11) is 0. The maximum absolute atomic E-state index is 11.1. The van der Waals surface area contributed by atoms with Crippen LogP contribution in [0.15, 0.2) is 0 Å². The van der Waals surface area contributed by atoms with Gasteiger partial charge in [-0.25, -0.2) is 0 Å². The molecule has 2 rings (SSSR count). The lowest BCUT2D eigenvalue weighted by Crippen LogP contribution is -2.57. The molecule has 0 bridgehead atoms. The van der Waals surface area contributed by atoms with Gasteiger partial charge in [-0.15, -0.1) is 0 Å². The number of fused-ring (bicyclic) bond motifs is 1. The first kappa shape index (κ1) is 18.8. The predicted octanol–water partition coefficient (Wildman–Crippen LogP) is 4.87. The summed E-state index contributed by atoms with van der Waals surface area (Å²) in [6, 6.07) is 0. The molecule has 0 aromatic carbocycles. The third-order valence-corrected chi connectivity index (χ3v) is 7.23.